The van der Waals surface area contributed by atoms with Gasteiger partial charge in [-0.1, -0.05) is 18.2 Å². The van der Waals surface area contributed by atoms with E-state index in [9.17, 15) is 9.59 Å². The van der Waals surface area contributed by atoms with Crippen LogP contribution in [0.1, 0.15) is 17.7 Å². The van der Waals surface area contributed by atoms with Crippen LogP contribution in [0.15, 0.2) is 48.7 Å². The van der Waals surface area contributed by atoms with E-state index in [1.165, 1.54) is 0 Å². The number of likely N-dealkylation sites (tertiary alicyclic amines) is 2. The highest BCUT2D eigenvalue weighted by atomic mass is 16.5. The summed E-state index contributed by atoms with van der Waals surface area (Å²) < 4.78 is 5.92. The Hall–Kier alpha value is -2.89. The first kappa shape index (κ1) is 17.5. The van der Waals surface area contributed by atoms with Crippen molar-refractivity contribution in [2.45, 2.75) is 26.0 Å². The molecule has 0 radical (unpaired) electrons. The minimum atomic E-state index is -0.263. The Balaban J connectivity index is 1.28. The summed E-state index contributed by atoms with van der Waals surface area (Å²) in [5, 5.41) is 0. The topological polar surface area (TPSA) is 62.7 Å². The number of carbonyl (C=O) groups is 2. The molecule has 27 heavy (non-hydrogen) atoms. The molecule has 1 atom stereocenters. The van der Waals surface area contributed by atoms with Crippen molar-refractivity contribution in [1.29, 1.82) is 0 Å². The van der Waals surface area contributed by atoms with Gasteiger partial charge in [0.15, 0.2) is 0 Å². The Morgan fingerprint density at radius 1 is 1.19 bits per heavy atom. The molecule has 0 saturated carbocycles. The van der Waals surface area contributed by atoms with E-state index >= 15 is 0 Å². The number of amides is 2. The van der Waals surface area contributed by atoms with Crippen LogP contribution in [0, 0.1) is 12.8 Å². The first-order valence-electron chi connectivity index (χ1n) is 9.28. The largest absolute Gasteiger partial charge is 0.487 e. The van der Waals surface area contributed by atoms with Crippen molar-refractivity contribution < 1.29 is 14.3 Å². The number of aryl methyl sites for hydroxylation is 1. The summed E-state index contributed by atoms with van der Waals surface area (Å²) in [6, 6.07) is 13.6. The van der Waals surface area contributed by atoms with Crippen molar-refractivity contribution in [3.8, 4) is 5.75 Å². The van der Waals surface area contributed by atoms with Crippen molar-refractivity contribution in [1.82, 2.24) is 14.8 Å². The van der Waals surface area contributed by atoms with E-state index < -0.39 is 0 Å². The van der Waals surface area contributed by atoms with Crippen LogP contribution in [0.4, 0.5) is 0 Å². The summed E-state index contributed by atoms with van der Waals surface area (Å²) in [5.41, 5.74) is 1.99. The van der Waals surface area contributed by atoms with E-state index in [1.54, 1.807) is 16.0 Å². The third kappa shape index (κ3) is 3.94. The van der Waals surface area contributed by atoms with Crippen LogP contribution >= 0.6 is 0 Å². The molecule has 0 spiro atoms. The maximum absolute atomic E-state index is 12.7. The van der Waals surface area contributed by atoms with Gasteiger partial charge in [0.05, 0.1) is 31.2 Å². The predicted molar refractivity (Wildman–Crippen MR) is 99.9 cm³/mol. The summed E-state index contributed by atoms with van der Waals surface area (Å²) in [5.74, 6) is 0.647. The van der Waals surface area contributed by atoms with Gasteiger partial charge in [0, 0.05) is 19.2 Å². The second kappa shape index (κ2) is 7.39. The molecule has 6 heteroatoms. The van der Waals surface area contributed by atoms with Gasteiger partial charge in [0.2, 0.25) is 11.8 Å². The van der Waals surface area contributed by atoms with Gasteiger partial charge in [0.1, 0.15) is 11.9 Å². The lowest BCUT2D eigenvalue weighted by Gasteiger charge is -2.40. The molecular formula is C21H23N3O3. The lowest BCUT2D eigenvalue weighted by atomic mass is 10.0. The zero-order valence-corrected chi connectivity index (χ0v) is 15.4. The Morgan fingerprint density at radius 2 is 2.04 bits per heavy atom. The first-order chi connectivity index (χ1) is 13.1. The van der Waals surface area contributed by atoms with Gasteiger partial charge in [-0.2, -0.15) is 0 Å². The first-order valence-corrected chi connectivity index (χ1v) is 9.28. The summed E-state index contributed by atoms with van der Waals surface area (Å²) in [7, 11) is 0. The van der Waals surface area contributed by atoms with Crippen LogP contribution in [-0.4, -0.2) is 52.3 Å². The molecule has 3 heterocycles. The lowest BCUT2D eigenvalue weighted by Crippen LogP contribution is -2.57. The van der Waals surface area contributed by atoms with Crippen LogP contribution in [0.25, 0.3) is 0 Å². The van der Waals surface area contributed by atoms with Crippen LogP contribution < -0.4 is 4.74 Å². The molecule has 2 amide bonds. The number of hydrogen-bond acceptors (Lipinski definition) is 4. The number of benzene rings is 1. The van der Waals surface area contributed by atoms with Gasteiger partial charge in [-0.15, -0.1) is 0 Å². The summed E-state index contributed by atoms with van der Waals surface area (Å²) >= 11 is 0. The zero-order valence-electron chi connectivity index (χ0n) is 15.4. The van der Waals surface area contributed by atoms with Crippen LogP contribution in [0.3, 0.4) is 0 Å². The molecule has 1 aromatic carbocycles. The van der Waals surface area contributed by atoms with Gasteiger partial charge >= 0.3 is 0 Å². The number of hydrogen-bond donors (Lipinski definition) is 0. The quantitative estimate of drug-likeness (QED) is 0.813. The van der Waals surface area contributed by atoms with E-state index in [0.29, 0.717) is 26.2 Å². The molecule has 140 valence electrons. The number of pyridine rings is 1. The SMILES string of the molecule is Cc1cccc(OC2CN(C(=O)[C@H]3CC(=O)N(Cc4ccccn4)C3)C2)c1. The Kier molecular flexibility index (Phi) is 4.79. The summed E-state index contributed by atoms with van der Waals surface area (Å²) in [4.78, 5) is 32.7. The number of aromatic nitrogens is 1. The number of ether oxygens (including phenoxy) is 1. The minimum absolute atomic E-state index is 0.0205. The highest BCUT2D eigenvalue weighted by Gasteiger charge is 2.41. The zero-order chi connectivity index (χ0) is 18.8. The minimum Gasteiger partial charge on any atom is -0.487 e. The van der Waals surface area contributed by atoms with E-state index in [0.717, 1.165) is 17.0 Å². The normalized spacial score (nSPS) is 19.9. The molecule has 2 saturated heterocycles. The Morgan fingerprint density at radius 3 is 2.78 bits per heavy atom. The molecule has 1 aromatic heterocycles. The van der Waals surface area contributed by atoms with Gasteiger partial charge in [-0.05, 0) is 36.8 Å². The van der Waals surface area contributed by atoms with Crippen molar-refractivity contribution in [3.63, 3.8) is 0 Å². The van der Waals surface area contributed by atoms with Crippen molar-refractivity contribution in [2.75, 3.05) is 19.6 Å². The summed E-state index contributed by atoms with van der Waals surface area (Å²) in [6.45, 7) is 4.11. The molecule has 2 aromatic rings. The highest BCUT2D eigenvalue weighted by Crippen LogP contribution is 2.25. The molecule has 0 unspecified atom stereocenters. The third-order valence-corrected chi connectivity index (χ3v) is 5.09. The maximum Gasteiger partial charge on any atom is 0.228 e. The fourth-order valence-corrected chi connectivity index (χ4v) is 3.61. The standard InChI is InChI=1S/C21H23N3O3/c1-15-5-4-7-18(9-15)27-19-13-24(14-19)21(26)16-10-20(25)23(11-16)12-17-6-2-3-8-22-17/h2-9,16,19H,10-14H2,1H3/t16-/m0/s1. The Labute approximate surface area is 158 Å². The second-order valence-electron chi connectivity index (χ2n) is 7.30. The molecule has 2 aliphatic rings. The van der Waals surface area contributed by atoms with E-state index in [4.69, 9.17) is 4.74 Å². The molecule has 6 nitrogen and oxygen atoms in total. The molecule has 4 rings (SSSR count). The average molecular weight is 365 g/mol. The smallest absolute Gasteiger partial charge is 0.228 e. The third-order valence-electron chi connectivity index (χ3n) is 5.09. The van der Waals surface area contributed by atoms with Gasteiger partial charge < -0.3 is 14.5 Å². The Bertz CT molecular complexity index is 834. The number of nitrogens with zero attached hydrogens (tertiary/aromatic N) is 3. The fraction of sp³-hybridized carbons (Fsp3) is 0.381. The predicted octanol–water partition coefficient (Wildman–Crippen LogP) is 2.03. The average Bonchev–Trinajstić information content (AvgIpc) is 2.99. The van der Waals surface area contributed by atoms with Crippen molar-refractivity contribution >= 4 is 11.8 Å². The number of rotatable bonds is 5. The maximum atomic E-state index is 12.7. The fourth-order valence-electron chi connectivity index (χ4n) is 3.61. The van der Waals surface area contributed by atoms with E-state index in [1.807, 2.05) is 49.4 Å². The van der Waals surface area contributed by atoms with E-state index in [2.05, 4.69) is 4.98 Å². The van der Waals surface area contributed by atoms with Gasteiger partial charge in [-0.25, -0.2) is 0 Å². The van der Waals surface area contributed by atoms with E-state index in [-0.39, 0.29) is 30.3 Å². The summed E-state index contributed by atoms with van der Waals surface area (Å²) in [6.07, 6.45) is 2.02. The van der Waals surface area contributed by atoms with Crippen LogP contribution in [-0.2, 0) is 16.1 Å². The highest BCUT2D eigenvalue weighted by molar-refractivity contribution is 5.89. The van der Waals surface area contributed by atoms with Gasteiger partial charge in [-0.3, -0.25) is 14.6 Å². The monoisotopic (exact) mass is 365 g/mol. The second-order valence-corrected chi connectivity index (χ2v) is 7.30. The number of carbonyl (C=O) groups excluding carboxylic acids is 2. The molecule has 0 bridgehead atoms. The molecule has 0 aliphatic carbocycles. The van der Waals surface area contributed by atoms with Crippen LogP contribution in [0.2, 0.25) is 0 Å². The molecule has 2 fully saturated rings. The molecule has 2 aliphatic heterocycles. The van der Waals surface area contributed by atoms with Crippen molar-refractivity contribution in [2.24, 2.45) is 5.92 Å². The van der Waals surface area contributed by atoms with Gasteiger partial charge in [0.25, 0.3) is 0 Å². The molecular weight excluding hydrogens is 342 g/mol. The van der Waals surface area contributed by atoms with Crippen molar-refractivity contribution in [3.05, 3.63) is 59.9 Å². The molecule has 0 N–H and O–H groups in total. The van der Waals surface area contributed by atoms with Crippen LogP contribution in [0.5, 0.6) is 5.75 Å². The lowest BCUT2D eigenvalue weighted by molar-refractivity contribution is -0.144.